The number of nitrogens with zero attached hydrogens (tertiary/aromatic N) is 1. The highest BCUT2D eigenvalue weighted by Crippen LogP contribution is 2.36. The molecule has 1 aromatic heterocycles. The second kappa shape index (κ2) is 8.79. The minimum Gasteiger partial charge on any atom is -0.449 e. The quantitative estimate of drug-likeness (QED) is 0.516. The molecule has 0 atom stereocenters. The van der Waals surface area contributed by atoms with E-state index < -0.39 is 10.0 Å². The van der Waals surface area contributed by atoms with Crippen LogP contribution in [-0.4, -0.2) is 32.3 Å². The third-order valence-corrected chi connectivity index (χ3v) is 7.93. The largest absolute Gasteiger partial charge is 0.449 e. The van der Waals surface area contributed by atoms with Gasteiger partial charge in [0.05, 0.1) is 0 Å². The zero-order valence-electron chi connectivity index (χ0n) is 18.5. The molecule has 6 nitrogen and oxygen atoms in total. The van der Waals surface area contributed by atoms with E-state index in [1.807, 2.05) is 24.8 Å². The Morgan fingerprint density at radius 1 is 1.00 bits per heavy atom. The summed E-state index contributed by atoms with van der Waals surface area (Å²) >= 11 is 5.92. The van der Waals surface area contributed by atoms with Gasteiger partial charge in [-0.1, -0.05) is 24.4 Å². The van der Waals surface area contributed by atoms with Gasteiger partial charge in [0.15, 0.2) is 11.3 Å². The molecule has 2 heterocycles. The van der Waals surface area contributed by atoms with E-state index in [1.165, 1.54) is 0 Å². The van der Waals surface area contributed by atoms with Crippen molar-refractivity contribution in [3.05, 3.63) is 57.8 Å². The fraction of sp³-hybridized carbons (Fsp3) is 0.375. The molecule has 0 aliphatic carbocycles. The number of hydrogen-bond acceptors (Lipinski definition) is 4. The topological polar surface area (TPSA) is 79.6 Å². The highest BCUT2D eigenvalue weighted by Gasteiger charge is 2.30. The number of benzene rings is 2. The van der Waals surface area contributed by atoms with Gasteiger partial charge in [0.1, 0.15) is 4.90 Å². The van der Waals surface area contributed by atoms with Crippen LogP contribution in [0.25, 0.3) is 11.0 Å². The number of nitrogens with one attached hydrogen (secondary N) is 1. The summed E-state index contributed by atoms with van der Waals surface area (Å²) in [4.78, 5) is 15.1. The number of carbonyl (C=O) groups is 1. The second-order valence-electron chi connectivity index (χ2n) is 8.40. The van der Waals surface area contributed by atoms with E-state index in [0.29, 0.717) is 40.3 Å². The lowest BCUT2D eigenvalue weighted by Gasteiger charge is -2.19. The predicted octanol–water partition coefficient (Wildman–Crippen LogP) is 5.83. The average Bonchev–Trinajstić information content (AvgIpc) is 2.93. The Morgan fingerprint density at radius 3 is 2.25 bits per heavy atom. The Morgan fingerprint density at radius 2 is 1.62 bits per heavy atom. The summed E-state index contributed by atoms with van der Waals surface area (Å²) in [5, 5.41) is 1.16. The standard InChI is InChI=1S/C24H27ClN2O4S/c1-15-14-20-17(3)21(24(28)27-12-6-4-5-7-13-27)31-22(20)23(16(15)2)32(29,30)26-19-10-8-18(25)9-11-19/h8-11,14,26H,4-7,12-13H2,1-3H3. The predicted molar refractivity (Wildman–Crippen MR) is 127 cm³/mol. The lowest BCUT2D eigenvalue weighted by molar-refractivity contribution is 0.0731. The van der Waals surface area contributed by atoms with Crippen molar-refractivity contribution >= 4 is 44.2 Å². The molecule has 1 aliphatic heterocycles. The van der Waals surface area contributed by atoms with Crippen molar-refractivity contribution in [3.63, 3.8) is 0 Å². The number of sulfonamides is 1. The molecule has 0 spiro atoms. The van der Waals surface area contributed by atoms with Gasteiger partial charge in [-0.2, -0.15) is 0 Å². The van der Waals surface area contributed by atoms with Crippen molar-refractivity contribution in [1.29, 1.82) is 0 Å². The molecule has 0 saturated carbocycles. The molecule has 0 bridgehead atoms. The number of halogens is 1. The fourth-order valence-electron chi connectivity index (χ4n) is 4.21. The van der Waals surface area contributed by atoms with Crippen LogP contribution in [0.5, 0.6) is 0 Å². The summed E-state index contributed by atoms with van der Waals surface area (Å²) in [6.45, 7) is 6.81. The molecule has 3 aromatic rings. The normalized spacial score (nSPS) is 15.1. The van der Waals surface area contributed by atoms with Crippen molar-refractivity contribution in [2.45, 2.75) is 51.3 Å². The maximum atomic E-state index is 13.4. The molecule has 1 amide bonds. The number of carbonyl (C=O) groups excluding carboxylic acids is 1. The highest BCUT2D eigenvalue weighted by atomic mass is 35.5. The van der Waals surface area contributed by atoms with E-state index in [1.54, 1.807) is 31.2 Å². The van der Waals surface area contributed by atoms with Crippen LogP contribution in [0, 0.1) is 20.8 Å². The maximum absolute atomic E-state index is 13.4. The minimum absolute atomic E-state index is 0.0560. The summed E-state index contributed by atoms with van der Waals surface area (Å²) in [5.74, 6) is 0.0414. The number of amides is 1. The summed E-state index contributed by atoms with van der Waals surface area (Å²) in [6, 6.07) is 8.33. The molecule has 32 heavy (non-hydrogen) atoms. The van der Waals surface area contributed by atoms with Gasteiger partial charge in [0.25, 0.3) is 15.9 Å². The van der Waals surface area contributed by atoms with Crippen molar-refractivity contribution < 1.29 is 17.6 Å². The van der Waals surface area contributed by atoms with Crippen LogP contribution in [0.1, 0.15) is 52.9 Å². The molecule has 1 fully saturated rings. The molecule has 0 unspecified atom stereocenters. The van der Waals surface area contributed by atoms with Gasteiger partial charge in [-0.3, -0.25) is 9.52 Å². The van der Waals surface area contributed by atoms with Crippen molar-refractivity contribution in [2.24, 2.45) is 0 Å². The van der Waals surface area contributed by atoms with Gasteiger partial charge in [-0.05, 0) is 75.1 Å². The zero-order valence-corrected chi connectivity index (χ0v) is 20.1. The van der Waals surface area contributed by atoms with Gasteiger partial charge < -0.3 is 9.32 Å². The first-order chi connectivity index (χ1) is 15.2. The number of anilines is 1. The second-order valence-corrected chi connectivity index (χ2v) is 10.5. The number of furan rings is 1. The van der Waals surface area contributed by atoms with E-state index in [2.05, 4.69) is 4.72 Å². The van der Waals surface area contributed by atoms with Crippen molar-refractivity contribution in [3.8, 4) is 0 Å². The molecule has 1 saturated heterocycles. The number of fused-ring (bicyclic) bond motifs is 1. The van der Waals surface area contributed by atoms with Crippen LogP contribution in [-0.2, 0) is 10.0 Å². The summed E-state index contributed by atoms with van der Waals surface area (Å²) in [5.41, 5.74) is 2.67. The molecular formula is C24H27ClN2O4S. The Bertz CT molecular complexity index is 1270. The van der Waals surface area contributed by atoms with Gasteiger partial charge in [0, 0.05) is 34.7 Å². The number of likely N-dealkylation sites (tertiary alicyclic amines) is 1. The van der Waals surface area contributed by atoms with Crippen molar-refractivity contribution in [2.75, 3.05) is 17.8 Å². The van der Waals surface area contributed by atoms with Crippen LogP contribution in [0.2, 0.25) is 5.02 Å². The van der Waals surface area contributed by atoms with E-state index in [4.69, 9.17) is 16.0 Å². The first-order valence-corrected chi connectivity index (χ1v) is 12.7. The SMILES string of the molecule is Cc1cc2c(C)c(C(=O)N3CCCCCC3)oc2c(S(=O)(=O)Nc2ccc(Cl)cc2)c1C. The third-order valence-electron chi connectivity index (χ3n) is 6.15. The lowest BCUT2D eigenvalue weighted by Crippen LogP contribution is -2.31. The van der Waals surface area contributed by atoms with Gasteiger partial charge in [-0.25, -0.2) is 8.42 Å². The molecule has 8 heteroatoms. The van der Waals surface area contributed by atoms with E-state index >= 15 is 0 Å². The minimum atomic E-state index is -3.98. The average molecular weight is 475 g/mol. The Labute approximate surface area is 193 Å². The zero-order chi connectivity index (χ0) is 23.0. The first-order valence-electron chi connectivity index (χ1n) is 10.8. The van der Waals surface area contributed by atoms with Gasteiger partial charge in [-0.15, -0.1) is 0 Å². The monoisotopic (exact) mass is 474 g/mol. The summed E-state index contributed by atoms with van der Waals surface area (Å²) in [7, 11) is -3.98. The fourth-order valence-corrected chi connectivity index (χ4v) is 5.85. The van der Waals surface area contributed by atoms with Crippen LogP contribution in [0.4, 0.5) is 5.69 Å². The Balaban J connectivity index is 1.82. The number of rotatable bonds is 4. The molecule has 2 aromatic carbocycles. The van der Waals surface area contributed by atoms with Crippen LogP contribution in [0.15, 0.2) is 39.6 Å². The molecule has 1 N–H and O–H groups in total. The first kappa shape index (κ1) is 22.7. The third kappa shape index (κ3) is 4.24. The molecule has 1 aliphatic rings. The van der Waals surface area contributed by atoms with Crippen LogP contribution >= 0.6 is 11.6 Å². The Hall–Kier alpha value is -2.51. The van der Waals surface area contributed by atoms with Crippen molar-refractivity contribution in [1.82, 2.24) is 4.90 Å². The van der Waals surface area contributed by atoms with Gasteiger partial charge >= 0.3 is 0 Å². The number of hydrogen-bond donors (Lipinski definition) is 1. The van der Waals surface area contributed by atoms with Crippen LogP contribution in [0.3, 0.4) is 0 Å². The maximum Gasteiger partial charge on any atom is 0.289 e. The van der Waals surface area contributed by atoms with E-state index in [0.717, 1.165) is 31.2 Å². The molecular weight excluding hydrogens is 448 g/mol. The molecule has 170 valence electrons. The smallest absolute Gasteiger partial charge is 0.289 e. The lowest BCUT2D eigenvalue weighted by atomic mass is 10.0. The molecule has 4 rings (SSSR count). The highest BCUT2D eigenvalue weighted by molar-refractivity contribution is 7.93. The van der Waals surface area contributed by atoms with Gasteiger partial charge in [0.2, 0.25) is 0 Å². The van der Waals surface area contributed by atoms with E-state index in [-0.39, 0.29) is 22.1 Å². The van der Waals surface area contributed by atoms with Crippen LogP contribution < -0.4 is 4.72 Å². The number of aryl methyl sites for hydroxylation is 2. The summed E-state index contributed by atoms with van der Waals surface area (Å²) < 4.78 is 35.5. The summed E-state index contributed by atoms with van der Waals surface area (Å²) in [6.07, 6.45) is 4.15. The molecule has 0 radical (unpaired) electrons. The Kier molecular flexibility index (Phi) is 6.23. The van der Waals surface area contributed by atoms with E-state index in [9.17, 15) is 13.2 Å².